The van der Waals surface area contributed by atoms with Gasteiger partial charge in [0, 0.05) is 6.07 Å². The Morgan fingerprint density at radius 2 is 2.05 bits per heavy atom. The van der Waals surface area contributed by atoms with Crippen LogP contribution in [-0.4, -0.2) is 4.98 Å². The fourth-order valence-corrected chi connectivity index (χ4v) is 1.85. The summed E-state index contributed by atoms with van der Waals surface area (Å²) >= 11 is 5.83. The SMILES string of the molecule is CC(C)c1cccc(Oc2cc(C#N)cc(Cl)n2)c1. The van der Waals surface area contributed by atoms with Gasteiger partial charge in [-0.15, -0.1) is 0 Å². The van der Waals surface area contributed by atoms with E-state index in [-0.39, 0.29) is 5.15 Å². The molecule has 1 aromatic heterocycles. The maximum atomic E-state index is 8.88. The van der Waals surface area contributed by atoms with Crippen LogP contribution >= 0.6 is 11.6 Å². The zero-order chi connectivity index (χ0) is 13.8. The molecule has 4 heteroatoms. The summed E-state index contributed by atoms with van der Waals surface area (Å²) in [5.74, 6) is 1.43. The van der Waals surface area contributed by atoms with Gasteiger partial charge in [0.05, 0.1) is 11.6 Å². The number of hydrogen-bond acceptors (Lipinski definition) is 3. The summed E-state index contributed by atoms with van der Waals surface area (Å²) in [4.78, 5) is 4.04. The standard InChI is InChI=1S/C15H13ClN2O/c1-10(2)12-4-3-5-13(8-12)19-15-7-11(9-17)6-14(16)18-15/h3-8,10H,1-2H3. The van der Waals surface area contributed by atoms with Gasteiger partial charge in [0.1, 0.15) is 10.9 Å². The molecule has 19 heavy (non-hydrogen) atoms. The van der Waals surface area contributed by atoms with Crippen molar-refractivity contribution in [1.82, 2.24) is 4.98 Å². The molecule has 2 rings (SSSR count). The maximum Gasteiger partial charge on any atom is 0.221 e. The van der Waals surface area contributed by atoms with Crippen molar-refractivity contribution in [3.05, 3.63) is 52.7 Å². The summed E-state index contributed by atoms with van der Waals surface area (Å²) in [6, 6.07) is 12.9. The van der Waals surface area contributed by atoms with Crippen molar-refractivity contribution in [2.75, 3.05) is 0 Å². The number of rotatable bonds is 3. The van der Waals surface area contributed by atoms with Gasteiger partial charge in [-0.1, -0.05) is 37.6 Å². The number of benzene rings is 1. The number of nitriles is 1. The zero-order valence-electron chi connectivity index (χ0n) is 10.7. The average Bonchev–Trinajstić information content (AvgIpc) is 2.38. The Morgan fingerprint density at radius 3 is 2.74 bits per heavy atom. The van der Waals surface area contributed by atoms with Crippen molar-refractivity contribution < 1.29 is 4.74 Å². The molecular formula is C15H13ClN2O. The highest BCUT2D eigenvalue weighted by atomic mass is 35.5. The minimum absolute atomic E-state index is 0.245. The van der Waals surface area contributed by atoms with E-state index in [0.717, 1.165) is 0 Å². The molecule has 0 aliphatic heterocycles. The number of hydrogen-bond donors (Lipinski definition) is 0. The molecule has 1 aromatic carbocycles. The first-order valence-electron chi connectivity index (χ1n) is 5.94. The van der Waals surface area contributed by atoms with Crippen LogP contribution in [0, 0.1) is 11.3 Å². The molecule has 0 atom stereocenters. The molecule has 0 unspecified atom stereocenters. The second-order valence-corrected chi connectivity index (χ2v) is 4.85. The van der Waals surface area contributed by atoms with Gasteiger partial charge in [0.2, 0.25) is 5.88 Å². The van der Waals surface area contributed by atoms with Crippen LogP contribution in [0.5, 0.6) is 11.6 Å². The Bertz CT molecular complexity index is 632. The highest BCUT2D eigenvalue weighted by Gasteiger charge is 2.05. The molecule has 0 radical (unpaired) electrons. The van der Waals surface area contributed by atoms with E-state index in [9.17, 15) is 0 Å². The first-order chi connectivity index (χ1) is 9.08. The van der Waals surface area contributed by atoms with E-state index < -0.39 is 0 Å². The number of halogens is 1. The molecular weight excluding hydrogens is 260 g/mol. The summed E-state index contributed by atoms with van der Waals surface area (Å²) in [5, 5.41) is 9.12. The first kappa shape index (κ1) is 13.4. The van der Waals surface area contributed by atoms with E-state index >= 15 is 0 Å². The molecule has 0 saturated carbocycles. The predicted octanol–water partition coefficient (Wildman–Crippen LogP) is 4.52. The lowest BCUT2D eigenvalue weighted by atomic mass is 10.0. The minimum Gasteiger partial charge on any atom is -0.439 e. The number of ether oxygens (including phenoxy) is 1. The number of pyridine rings is 1. The molecule has 0 fully saturated rings. The molecule has 0 amide bonds. The van der Waals surface area contributed by atoms with Crippen molar-refractivity contribution in [2.24, 2.45) is 0 Å². The van der Waals surface area contributed by atoms with Gasteiger partial charge in [0.25, 0.3) is 0 Å². The van der Waals surface area contributed by atoms with Gasteiger partial charge < -0.3 is 4.74 Å². The van der Waals surface area contributed by atoms with E-state index in [0.29, 0.717) is 23.1 Å². The van der Waals surface area contributed by atoms with E-state index in [1.54, 1.807) is 6.07 Å². The lowest BCUT2D eigenvalue weighted by molar-refractivity contribution is 0.462. The summed E-state index contributed by atoms with van der Waals surface area (Å²) in [6.07, 6.45) is 0. The van der Waals surface area contributed by atoms with Crippen LogP contribution in [0.1, 0.15) is 30.9 Å². The number of nitrogens with zero attached hydrogens (tertiary/aromatic N) is 2. The second kappa shape index (κ2) is 5.73. The highest BCUT2D eigenvalue weighted by Crippen LogP contribution is 2.25. The molecule has 0 aliphatic carbocycles. The van der Waals surface area contributed by atoms with Crippen LogP contribution in [-0.2, 0) is 0 Å². The minimum atomic E-state index is 0.245. The third-order valence-corrected chi connectivity index (χ3v) is 2.84. The van der Waals surface area contributed by atoms with Gasteiger partial charge >= 0.3 is 0 Å². The van der Waals surface area contributed by atoms with Crippen LogP contribution < -0.4 is 4.74 Å². The lowest BCUT2D eigenvalue weighted by Gasteiger charge is -2.09. The van der Waals surface area contributed by atoms with Gasteiger partial charge in [-0.25, -0.2) is 4.98 Å². The molecule has 0 saturated heterocycles. The Balaban J connectivity index is 2.28. The summed E-state index contributed by atoms with van der Waals surface area (Å²) in [6.45, 7) is 4.23. The van der Waals surface area contributed by atoms with Crippen LogP contribution in [0.2, 0.25) is 5.15 Å². The Hall–Kier alpha value is -2.05. The van der Waals surface area contributed by atoms with Crippen molar-refractivity contribution in [3.63, 3.8) is 0 Å². The van der Waals surface area contributed by atoms with E-state index in [1.165, 1.54) is 11.6 Å². The third-order valence-electron chi connectivity index (χ3n) is 2.65. The quantitative estimate of drug-likeness (QED) is 0.772. The molecule has 2 aromatic rings. The molecule has 0 N–H and O–H groups in total. The van der Waals surface area contributed by atoms with Crippen LogP contribution in [0.4, 0.5) is 0 Å². The van der Waals surface area contributed by atoms with Crippen LogP contribution in [0.3, 0.4) is 0 Å². The van der Waals surface area contributed by atoms with Crippen molar-refractivity contribution in [3.8, 4) is 17.7 Å². The van der Waals surface area contributed by atoms with Crippen molar-refractivity contribution in [2.45, 2.75) is 19.8 Å². The van der Waals surface area contributed by atoms with E-state index in [1.807, 2.05) is 30.3 Å². The van der Waals surface area contributed by atoms with Gasteiger partial charge in [-0.05, 0) is 29.7 Å². The smallest absolute Gasteiger partial charge is 0.221 e. The van der Waals surface area contributed by atoms with E-state index in [4.69, 9.17) is 21.6 Å². The van der Waals surface area contributed by atoms with Crippen LogP contribution in [0.25, 0.3) is 0 Å². The Labute approximate surface area is 117 Å². The lowest BCUT2D eigenvalue weighted by Crippen LogP contribution is -1.92. The first-order valence-corrected chi connectivity index (χ1v) is 6.32. The Morgan fingerprint density at radius 1 is 1.26 bits per heavy atom. The third kappa shape index (κ3) is 3.46. The second-order valence-electron chi connectivity index (χ2n) is 4.46. The number of aromatic nitrogens is 1. The highest BCUT2D eigenvalue weighted by molar-refractivity contribution is 6.29. The monoisotopic (exact) mass is 272 g/mol. The van der Waals surface area contributed by atoms with Crippen LogP contribution in [0.15, 0.2) is 36.4 Å². The zero-order valence-corrected chi connectivity index (χ0v) is 11.5. The molecule has 3 nitrogen and oxygen atoms in total. The van der Waals surface area contributed by atoms with Gasteiger partial charge in [-0.2, -0.15) is 5.26 Å². The molecule has 0 bridgehead atoms. The van der Waals surface area contributed by atoms with Gasteiger partial charge in [-0.3, -0.25) is 0 Å². The Kier molecular flexibility index (Phi) is 4.03. The normalized spacial score (nSPS) is 10.3. The topological polar surface area (TPSA) is 45.9 Å². The summed E-state index contributed by atoms with van der Waals surface area (Å²) in [5.41, 5.74) is 1.61. The summed E-state index contributed by atoms with van der Waals surface area (Å²) in [7, 11) is 0. The molecule has 0 spiro atoms. The van der Waals surface area contributed by atoms with Crippen molar-refractivity contribution in [1.29, 1.82) is 5.26 Å². The fraction of sp³-hybridized carbons (Fsp3) is 0.200. The predicted molar refractivity (Wildman–Crippen MR) is 74.6 cm³/mol. The molecule has 96 valence electrons. The summed E-state index contributed by atoms with van der Waals surface area (Å²) < 4.78 is 5.65. The van der Waals surface area contributed by atoms with Gasteiger partial charge in [0.15, 0.2) is 0 Å². The maximum absolute atomic E-state index is 8.88. The van der Waals surface area contributed by atoms with Crippen molar-refractivity contribution >= 4 is 11.6 Å². The molecule has 1 heterocycles. The average molecular weight is 273 g/mol. The van der Waals surface area contributed by atoms with E-state index in [2.05, 4.69) is 18.8 Å². The fourth-order valence-electron chi connectivity index (χ4n) is 1.65. The largest absolute Gasteiger partial charge is 0.439 e. The molecule has 0 aliphatic rings.